The Bertz CT molecular complexity index is 754. The minimum Gasteiger partial charge on any atom is -0.465 e. The number of nitrogens with zero attached hydrogens (tertiary/aromatic N) is 2. The average molecular weight is 367 g/mol. The lowest BCUT2D eigenvalue weighted by molar-refractivity contribution is 0.0600. The number of piperazine rings is 1. The molecule has 6 heteroatoms. The van der Waals surface area contributed by atoms with Crippen molar-refractivity contribution in [3.8, 4) is 0 Å². The van der Waals surface area contributed by atoms with Gasteiger partial charge >= 0.3 is 12.0 Å². The van der Waals surface area contributed by atoms with Crippen LogP contribution in [0, 0.1) is 0 Å². The number of carbonyl (C=O) groups is 2. The van der Waals surface area contributed by atoms with Crippen LogP contribution >= 0.6 is 0 Å². The van der Waals surface area contributed by atoms with Gasteiger partial charge in [0.1, 0.15) is 0 Å². The quantitative estimate of drug-likeness (QED) is 0.826. The molecule has 1 aliphatic heterocycles. The molecule has 6 nitrogen and oxygen atoms in total. The summed E-state index contributed by atoms with van der Waals surface area (Å²) in [6.07, 6.45) is 1.03. The molecule has 0 atom stereocenters. The van der Waals surface area contributed by atoms with E-state index in [2.05, 4.69) is 39.2 Å². The number of esters is 1. The third-order valence-corrected chi connectivity index (χ3v) is 4.78. The zero-order valence-corrected chi connectivity index (χ0v) is 15.6. The smallest absolute Gasteiger partial charge is 0.337 e. The van der Waals surface area contributed by atoms with E-state index in [4.69, 9.17) is 0 Å². The molecule has 27 heavy (non-hydrogen) atoms. The van der Waals surface area contributed by atoms with Crippen molar-refractivity contribution in [2.45, 2.75) is 6.42 Å². The van der Waals surface area contributed by atoms with Crippen molar-refractivity contribution >= 4 is 17.7 Å². The molecule has 0 aromatic heterocycles. The SMILES string of the molecule is COC(=O)c1ccc(NC(=O)N2CCN(CCc3ccccc3)CC2)cc1. The van der Waals surface area contributed by atoms with E-state index in [-0.39, 0.29) is 12.0 Å². The van der Waals surface area contributed by atoms with E-state index in [1.54, 1.807) is 24.3 Å². The maximum atomic E-state index is 12.4. The second kappa shape index (κ2) is 9.19. The Morgan fingerprint density at radius 2 is 1.63 bits per heavy atom. The highest BCUT2D eigenvalue weighted by Crippen LogP contribution is 2.12. The molecule has 3 rings (SSSR count). The van der Waals surface area contributed by atoms with Crippen LogP contribution in [0.4, 0.5) is 10.5 Å². The first kappa shape index (κ1) is 18.9. The maximum Gasteiger partial charge on any atom is 0.337 e. The number of hydrogen-bond acceptors (Lipinski definition) is 4. The molecule has 2 aromatic carbocycles. The van der Waals surface area contributed by atoms with E-state index >= 15 is 0 Å². The van der Waals surface area contributed by atoms with Crippen LogP contribution in [0.5, 0.6) is 0 Å². The Morgan fingerprint density at radius 3 is 2.26 bits per heavy atom. The highest BCUT2D eigenvalue weighted by Gasteiger charge is 2.21. The molecule has 1 aliphatic rings. The fourth-order valence-electron chi connectivity index (χ4n) is 3.12. The van der Waals surface area contributed by atoms with Crippen molar-refractivity contribution in [1.82, 2.24) is 9.80 Å². The summed E-state index contributed by atoms with van der Waals surface area (Å²) in [6.45, 7) is 4.18. The minimum absolute atomic E-state index is 0.108. The van der Waals surface area contributed by atoms with Crippen LogP contribution in [0.1, 0.15) is 15.9 Å². The highest BCUT2D eigenvalue weighted by molar-refractivity contribution is 5.92. The van der Waals surface area contributed by atoms with Crippen LogP contribution in [0.25, 0.3) is 0 Å². The Labute approximate surface area is 159 Å². The van der Waals surface area contributed by atoms with Crippen LogP contribution in [0.2, 0.25) is 0 Å². The van der Waals surface area contributed by atoms with Crippen LogP contribution in [-0.2, 0) is 11.2 Å². The molecule has 1 saturated heterocycles. The Hall–Kier alpha value is -2.86. The Morgan fingerprint density at radius 1 is 0.963 bits per heavy atom. The van der Waals surface area contributed by atoms with Gasteiger partial charge in [0.15, 0.2) is 0 Å². The summed E-state index contributed by atoms with van der Waals surface area (Å²) in [5, 5.41) is 2.88. The van der Waals surface area contributed by atoms with Gasteiger partial charge in [-0.2, -0.15) is 0 Å². The van der Waals surface area contributed by atoms with E-state index in [9.17, 15) is 9.59 Å². The van der Waals surface area contributed by atoms with Crippen molar-refractivity contribution in [3.05, 3.63) is 65.7 Å². The second-order valence-electron chi connectivity index (χ2n) is 6.56. The third kappa shape index (κ3) is 5.31. The van der Waals surface area contributed by atoms with Gasteiger partial charge in [0.25, 0.3) is 0 Å². The molecule has 0 bridgehead atoms. The largest absolute Gasteiger partial charge is 0.465 e. The monoisotopic (exact) mass is 367 g/mol. The number of methoxy groups -OCH3 is 1. The lowest BCUT2D eigenvalue weighted by Gasteiger charge is -2.34. The number of rotatable bonds is 5. The van der Waals surface area contributed by atoms with E-state index in [1.807, 2.05) is 11.0 Å². The first-order chi connectivity index (χ1) is 13.2. The Balaban J connectivity index is 1.43. The van der Waals surface area contributed by atoms with Gasteiger partial charge in [-0.3, -0.25) is 4.90 Å². The average Bonchev–Trinajstić information content (AvgIpc) is 2.73. The molecule has 1 fully saturated rings. The second-order valence-corrected chi connectivity index (χ2v) is 6.56. The maximum absolute atomic E-state index is 12.4. The molecule has 0 unspecified atom stereocenters. The minimum atomic E-state index is -0.389. The van der Waals surface area contributed by atoms with Gasteiger partial charge in [-0.15, -0.1) is 0 Å². The summed E-state index contributed by atoms with van der Waals surface area (Å²) in [4.78, 5) is 28.1. The number of anilines is 1. The van der Waals surface area contributed by atoms with Gasteiger partial charge in [0, 0.05) is 38.4 Å². The summed E-state index contributed by atoms with van der Waals surface area (Å²) in [5.74, 6) is -0.389. The van der Waals surface area contributed by atoms with Crippen LogP contribution < -0.4 is 5.32 Å². The van der Waals surface area contributed by atoms with E-state index < -0.39 is 0 Å². The summed E-state index contributed by atoms with van der Waals surface area (Å²) >= 11 is 0. The number of amides is 2. The molecule has 0 saturated carbocycles. The molecule has 1 heterocycles. The van der Waals surface area contributed by atoms with E-state index in [0.29, 0.717) is 24.3 Å². The number of urea groups is 1. The predicted octanol–water partition coefficient (Wildman–Crippen LogP) is 2.87. The van der Waals surface area contributed by atoms with Gasteiger partial charge in [-0.1, -0.05) is 30.3 Å². The number of carbonyl (C=O) groups excluding carboxylic acids is 2. The lowest BCUT2D eigenvalue weighted by atomic mass is 10.1. The number of ether oxygens (including phenoxy) is 1. The first-order valence-corrected chi connectivity index (χ1v) is 9.16. The normalized spacial score (nSPS) is 14.6. The molecule has 2 aromatic rings. The van der Waals surface area contributed by atoms with Crippen molar-refractivity contribution < 1.29 is 14.3 Å². The van der Waals surface area contributed by atoms with Gasteiger partial charge in [0.05, 0.1) is 12.7 Å². The summed E-state index contributed by atoms with van der Waals surface area (Å²) in [7, 11) is 1.34. The molecular formula is C21H25N3O3. The predicted molar refractivity (Wildman–Crippen MR) is 105 cm³/mol. The molecule has 0 aliphatic carbocycles. The van der Waals surface area contributed by atoms with Gasteiger partial charge < -0.3 is 15.0 Å². The summed E-state index contributed by atoms with van der Waals surface area (Å²) in [5.41, 5.74) is 2.47. The van der Waals surface area contributed by atoms with Crippen LogP contribution in [0.15, 0.2) is 54.6 Å². The molecular weight excluding hydrogens is 342 g/mol. The fraction of sp³-hybridized carbons (Fsp3) is 0.333. The van der Waals surface area contributed by atoms with Crippen LogP contribution in [0.3, 0.4) is 0 Å². The topological polar surface area (TPSA) is 61.9 Å². The first-order valence-electron chi connectivity index (χ1n) is 9.16. The summed E-state index contributed by atoms with van der Waals surface area (Å²) in [6, 6.07) is 17.1. The van der Waals surface area contributed by atoms with Gasteiger partial charge in [0.2, 0.25) is 0 Å². The fourth-order valence-corrected chi connectivity index (χ4v) is 3.12. The zero-order valence-electron chi connectivity index (χ0n) is 15.6. The van der Waals surface area contributed by atoms with Crippen molar-refractivity contribution in [1.29, 1.82) is 0 Å². The van der Waals surface area contributed by atoms with E-state index in [1.165, 1.54) is 12.7 Å². The lowest BCUT2D eigenvalue weighted by Crippen LogP contribution is -2.50. The summed E-state index contributed by atoms with van der Waals surface area (Å²) < 4.78 is 4.67. The number of hydrogen-bond donors (Lipinski definition) is 1. The Kier molecular flexibility index (Phi) is 6.44. The van der Waals surface area contributed by atoms with Crippen molar-refractivity contribution in [3.63, 3.8) is 0 Å². The molecule has 142 valence electrons. The standard InChI is InChI=1S/C21H25N3O3/c1-27-20(25)18-7-9-19(10-8-18)22-21(26)24-15-13-23(14-16-24)12-11-17-5-3-2-4-6-17/h2-10H,11-16H2,1H3,(H,22,26). The van der Waals surface area contributed by atoms with Gasteiger partial charge in [-0.05, 0) is 36.2 Å². The highest BCUT2D eigenvalue weighted by atomic mass is 16.5. The molecule has 0 radical (unpaired) electrons. The van der Waals surface area contributed by atoms with Gasteiger partial charge in [-0.25, -0.2) is 9.59 Å². The molecule has 0 spiro atoms. The zero-order chi connectivity index (χ0) is 19.1. The van der Waals surface area contributed by atoms with Crippen LogP contribution in [-0.4, -0.2) is 61.6 Å². The number of benzene rings is 2. The number of nitrogens with one attached hydrogen (secondary N) is 1. The third-order valence-electron chi connectivity index (χ3n) is 4.78. The van der Waals surface area contributed by atoms with E-state index in [0.717, 1.165) is 26.1 Å². The van der Waals surface area contributed by atoms with Crippen molar-refractivity contribution in [2.24, 2.45) is 0 Å². The van der Waals surface area contributed by atoms with Crippen molar-refractivity contribution in [2.75, 3.05) is 45.2 Å². The molecule has 2 amide bonds. The molecule has 1 N–H and O–H groups in total.